The molecule has 0 spiro atoms. The minimum atomic E-state index is -0.537. The lowest BCUT2D eigenvalue weighted by atomic mass is 9.96. The van der Waals surface area contributed by atoms with Crippen LogP contribution < -0.4 is 9.64 Å². The number of methoxy groups -OCH3 is 1. The third-order valence-corrected chi connectivity index (χ3v) is 4.96. The summed E-state index contributed by atoms with van der Waals surface area (Å²) in [5.41, 5.74) is 0.464. The van der Waals surface area contributed by atoms with Crippen molar-refractivity contribution in [1.29, 1.82) is 0 Å². The molecule has 26 heavy (non-hydrogen) atoms. The van der Waals surface area contributed by atoms with Crippen LogP contribution in [0.2, 0.25) is 0 Å². The van der Waals surface area contributed by atoms with Crippen molar-refractivity contribution < 1.29 is 23.9 Å². The maximum atomic E-state index is 13.0. The van der Waals surface area contributed by atoms with Crippen molar-refractivity contribution in [3.63, 3.8) is 0 Å². The molecule has 0 radical (unpaired) electrons. The number of nitrogens with zero attached hydrogens (tertiary/aromatic N) is 2. The van der Waals surface area contributed by atoms with Crippen LogP contribution in [0.3, 0.4) is 0 Å². The zero-order chi connectivity index (χ0) is 18.7. The van der Waals surface area contributed by atoms with E-state index in [-0.39, 0.29) is 30.1 Å². The number of amides is 2. The third-order valence-electron chi connectivity index (χ3n) is 4.96. The molecule has 0 N–H and O–H groups in total. The summed E-state index contributed by atoms with van der Waals surface area (Å²) in [6, 6.07) is 6.45. The Morgan fingerprint density at radius 2 is 2.04 bits per heavy atom. The van der Waals surface area contributed by atoms with Crippen LogP contribution in [-0.4, -0.2) is 55.5 Å². The molecule has 1 aromatic carbocycles. The lowest BCUT2D eigenvalue weighted by molar-refractivity contribution is -0.150. The molecule has 1 aromatic rings. The van der Waals surface area contributed by atoms with Gasteiger partial charge in [-0.25, -0.2) is 4.90 Å². The van der Waals surface area contributed by atoms with E-state index in [2.05, 4.69) is 0 Å². The molecule has 2 fully saturated rings. The van der Waals surface area contributed by atoms with E-state index in [1.54, 1.807) is 31.2 Å². The van der Waals surface area contributed by atoms with Crippen LogP contribution in [0.1, 0.15) is 26.2 Å². The number of anilines is 1. The van der Waals surface area contributed by atoms with Gasteiger partial charge in [0.15, 0.2) is 0 Å². The van der Waals surface area contributed by atoms with Gasteiger partial charge >= 0.3 is 5.97 Å². The van der Waals surface area contributed by atoms with Gasteiger partial charge in [0.05, 0.1) is 37.8 Å². The Hall–Kier alpha value is -2.41. The van der Waals surface area contributed by atoms with Gasteiger partial charge < -0.3 is 9.47 Å². The number of ether oxygens (including phenoxy) is 2. The Morgan fingerprint density at radius 3 is 2.77 bits per heavy atom. The molecule has 2 aliphatic heterocycles. The first-order chi connectivity index (χ1) is 12.6. The maximum Gasteiger partial charge on any atom is 0.310 e. The Labute approximate surface area is 152 Å². The fourth-order valence-electron chi connectivity index (χ4n) is 3.71. The molecule has 0 unspecified atom stereocenters. The summed E-state index contributed by atoms with van der Waals surface area (Å²) in [4.78, 5) is 40.7. The summed E-state index contributed by atoms with van der Waals surface area (Å²) in [5.74, 6) is -0.493. The van der Waals surface area contributed by atoms with Gasteiger partial charge in [0, 0.05) is 6.54 Å². The maximum absolute atomic E-state index is 13.0. The molecular formula is C19H24N2O5. The number of rotatable bonds is 5. The predicted octanol–water partition coefficient (Wildman–Crippen LogP) is 1.60. The minimum absolute atomic E-state index is 0.117. The number of benzene rings is 1. The molecule has 2 saturated heterocycles. The van der Waals surface area contributed by atoms with Gasteiger partial charge in [0.1, 0.15) is 5.75 Å². The standard InChI is InChI=1S/C19H24N2O5/c1-3-26-19(24)13-7-6-10-20(12-13)15-11-17(22)21(18(15)23)14-8-4-5-9-16(14)25-2/h4-5,8-9,13,15H,3,6-7,10-12H2,1-2H3/t13-,15-/m1/s1. The van der Waals surface area contributed by atoms with Gasteiger partial charge in [-0.2, -0.15) is 0 Å². The summed E-state index contributed by atoms with van der Waals surface area (Å²) >= 11 is 0. The molecule has 0 aromatic heterocycles. The number of carbonyl (C=O) groups is 3. The van der Waals surface area contributed by atoms with Gasteiger partial charge in [-0.05, 0) is 38.4 Å². The first-order valence-corrected chi connectivity index (χ1v) is 8.97. The van der Waals surface area contributed by atoms with Gasteiger partial charge in [-0.1, -0.05) is 12.1 Å². The van der Waals surface area contributed by atoms with Crippen LogP contribution in [0.4, 0.5) is 5.69 Å². The number of imide groups is 1. The fourth-order valence-corrected chi connectivity index (χ4v) is 3.71. The summed E-state index contributed by atoms with van der Waals surface area (Å²) in [7, 11) is 1.51. The van der Waals surface area contributed by atoms with Crippen molar-refractivity contribution in [1.82, 2.24) is 4.90 Å². The highest BCUT2D eigenvalue weighted by Gasteiger charge is 2.45. The van der Waals surface area contributed by atoms with Crippen LogP contribution in [0.5, 0.6) is 5.75 Å². The number of likely N-dealkylation sites (tertiary alicyclic amines) is 1. The number of esters is 1. The first-order valence-electron chi connectivity index (χ1n) is 8.97. The zero-order valence-corrected chi connectivity index (χ0v) is 15.1. The van der Waals surface area contributed by atoms with E-state index in [0.29, 0.717) is 31.1 Å². The molecule has 2 heterocycles. The molecule has 3 rings (SSSR count). The second-order valence-corrected chi connectivity index (χ2v) is 6.55. The molecule has 0 bridgehead atoms. The van der Waals surface area contributed by atoms with Crippen LogP contribution in [-0.2, 0) is 19.1 Å². The molecule has 7 heteroatoms. The summed E-state index contributed by atoms with van der Waals surface area (Å²) in [6.45, 7) is 3.27. The molecule has 0 aliphatic carbocycles. The first kappa shape index (κ1) is 18.4. The largest absolute Gasteiger partial charge is 0.495 e. The highest BCUT2D eigenvalue weighted by Crippen LogP contribution is 2.34. The Kier molecular flexibility index (Phi) is 5.56. The topological polar surface area (TPSA) is 76.2 Å². The van der Waals surface area contributed by atoms with Gasteiger partial charge in [-0.15, -0.1) is 0 Å². The van der Waals surface area contributed by atoms with Gasteiger partial charge in [0.25, 0.3) is 5.91 Å². The summed E-state index contributed by atoms with van der Waals surface area (Å²) < 4.78 is 10.4. The number of para-hydroxylation sites is 2. The van der Waals surface area contributed by atoms with Crippen LogP contribution >= 0.6 is 0 Å². The molecule has 7 nitrogen and oxygen atoms in total. The molecular weight excluding hydrogens is 336 g/mol. The lowest BCUT2D eigenvalue weighted by Crippen LogP contribution is -2.48. The third kappa shape index (κ3) is 3.44. The van der Waals surface area contributed by atoms with E-state index in [9.17, 15) is 14.4 Å². The van der Waals surface area contributed by atoms with Crippen molar-refractivity contribution >= 4 is 23.5 Å². The Morgan fingerprint density at radius 1 is 1.27 bits per heavy atom. The second-order valence-electron chi connectivity index (χ2n) is 6.55. The van der Waals surface area contributed by atoms with E-state index in [4.69, 9.17) is 9.47 Å². The average Bonchev–Trinajstić information content (AvgIpc) is 2.96. The molecule has 140 valence electrons. The molecule has 2 amide bonds. The molecule has 2 aliphatic rings. The van der Waals surface area contributed by atoms with Crippen molar-refractivity contribution in [3.8, 4) is 5.75 Å². The van der Waals surface area contributed by atoms with E-state index in [0.717, 1.165) is 12.8 Å². The van der Waals surface area contributed by atoms with Gasteiger partial charge in [0.2, 0.25) is 5.91 Å². The highest BCUT2D eigenvalue weighted by molar-refractivity contribution is 6.23. The van der Waals surface area contributed by atoms with Crippen LogP contribution in [0.25, 0.3) is 0 Å². The lowest BCUT2D eigenvalue weighted by Gasteiger charge is -2.34. The monoisotopic (exact) mass is 360 g/mol. The number of piperidine rings is 1. The SMILES string of the molecule is CCOC(=O)[C@@H]1CCCN([C@@H]2CC(=O)N(c3ccccc3OC)C2=O)C1. The Bertz CT molecular complexity index is 705. The normalized spacial score (nSPS) is 24.0. The summed E-state index contributed by atoms with van der Waals surface area (Å²) in [6.07, 6.45) is 1.67. The zero-order valence-electron chi connectivity index (χ0n) is 15.1. The van der Waals surface area contributed by atoms with Crippen molar-refractivity contribution in [3.05, 3.63) is 24.3 Å². The fraction of sp³-hybridized carbons (Fsp3) is 0.526. The van der Waals surface area contributed by atoms with E-state index in [1.807, 2.05) is 4.90 Å². The van der Waals surface area contributed by atoms with Crippen LogP contribution in [0.15, 0.2) is 24.3 Å². The number of hydrogen-bond acceptors (Lipinski definition) is 6. The predicted molar refractivity (Wildman–Crippen MR) is 94.8 cm³/mol. The van der Waals surface area contributed by atoms with E-state index < -0.39 is 6.04 Å². The Balaban J connectivity index is 1.77. The average molecular weight is 360 g/mol. The van der Waals surface area contributed by atoms with Crippen molar-refractivity contribution in [2.45, 2.75) is 32.2 Å². The van der Waals surface area contributed by atoms with E-state index >= 15 is 0 Å². The van der Waals surface area contributed by atoms with Crippen molar-refractivity contribution in [2.75, 3.05) is 31.7 Å². The number of carbonyl (C=O) groups excluding carboxylic acids is 3. The minimum Gasteiger partial charge on any atom is -0.495 e. The highest BCUT2D eigenvalue weighted by atomic mass is 16.5. The summed E-state index contributed by atoms with van der Waals surface area (Å²) in [5, 5.41) is 0. The quantitative estimate of drug-likeness (QED) is 0.586. The van der Waals surface area contributed by atoms with Crippen molar-refractivity contribution in [2.24, 2.45) is 5.92 Å². The number of hydrogen-bond donors (Lipinski definition) is 0. The van der Waals surface area contributed by atoms with E-state index in [1.165, 1.54) is 12.0 Å². The molecule has 2 atom stereocenters. The smallest absolute Gasteiger partial charge is 0.310 e. The van der Waals surface area contributed by atoms with Gasteiger partial charge in [-0.3, -0.25) is 19.3 Å². The molecule has 0 saturated carbocycles. The van der Waals surface area contributed by atoms with Crippen LogP contribution in [0, 0.1) is 5.92 Å². The second kappa shape index (κ2) is 7.86.